The van der Waals surface area contributed by atoms with Gasteiger partial charge in [-0.3, -0.25) is 9.36 Å². The summed E-state index contributed by atoms with van der Waals surface area (Å²) in [6.45, 7) is 2.03. The predicted octanol–water partition coefficient (Wildman–Crippen LogP) is -0.110. The summed E-state index contributed by atoms with van der Waals surface area (Å²) in [5.41, 5.74) is 0.916. The first kappa shape index (κ1) is 13.2. The second-order valence-corrected chi connectivity index (χ2v) is 4.13. The lowest BCUT2D eigenvalue weighted by atomic mass is 10.2. The van der Waals surface area contributed by atoms with Gasteiger partial charge in [-0.05, 0) is 13.0 Å². The summed E-state index contributed by atoms with van der Waals surface area (Å²) in [7, 11) is 1.73. The van der Waals surface area contributed by atoms with Crippen molar-refractivity contribution in [3.05, 3.63) is 29.8 Å². The van der Waals surface area contributed by atoms with Crippen LogP contribution in [0.5, 0.6) is 0 Å². The highest BCUT2D eigenvalue weighted by atomic mass is 16.4. The van der Waals surface area contributed by atoms with Crippen molar-refractivity contribution in [2.24, 2.45) is 7.05 Å². The molecule has 8 nitrogen and oxygen atoms in total. The number of nitrogens with zero attached hydrogens (tertiary/aromatic N) is 5. The minimum Gasteiger partial charge on any atom is -0.478 e. The average molecular weight is 264 g/mol. The molecule has 0 aliphatic rings. The predicted molar refractivity (Wildman–Crippen MR) is 66.5 cm³/mol. The van der Waals surface area contributed by atoms with Crippen molar-refractivity contribution in [1.82, 2.24) is 30.1 Å². The molecular formula is C11H16N6O2. The Morgan fingerprint density at radius 1 is 1.53 bits per heavy atom. The molecule has 2 rings (SSSR count). The smallest absolute Gasteiger partial charge is 0.339 e. The molecule has 102 valence electrons. The Bertz CT molecular complexity index is 533. The fourth-order valence-corrected chi connectivity index (χ4v) is 1.78. The van der Waals surface area contributed by atoms with Crippen LogP contribution in [0.25, 0.3) is 0 Å². The second kappa shape index (κ2) is 6.10. The zero-order valence-corrected chi connectivity index (χ0v) is 10.7. The maximum atomic E-state index is 11.0. The van der Waals surface area contributed by atoms with Crippen LogP contribution in [-0.4, -0.2) is 42.4 Å². The molecule has 2 N–H and O–H groups in total. The van der Waals surface area contributed by atoms with Crippen molar-refractivity contribution in [3.8, 4) is 0 Å². The first-order valence-corrected chi connectivity index (χ1v) is 5.97. The Balaban J connectivity index is 1.76. The van der Waals surface area contributed by atoms with E-state index in [0.29, 0.717) is 12.2 Å². The molecule has 0 aliphatic carbocycles. The van der Waals surface area contributed by atoms with Crippen LogP contribution in [0.3, 0.4) is 0 Å². The maximum absolute atomic E-state index is 11.0. The Kier molecular flexibility index (Phi) is 4.24. The van der Waals surface area contributed by atoms with Crippen LogP contribution >= 0.6 is 0 Å². The molecule has 2 aromatic heterocycles. The van der Waals surface area contributed by atoms with Gasteiger partial charge in [0.1, 0.15) is 5.56 Å². The molecule has 0 aromatic carbocycles. The minimum atomic E-state index is -0.951. The van der Waals surface area contributed by atoms with Crippen LogP contribution in [0, 0.1) is 0 Å². The highest BCUT2D eigenvalue weighted by molar-refractivity contribution is 5.88. The molecular weight excluding hydrogens is 248 g/mol. The molecule has 19 heavy (non-hydrogen) atoms. The molecule has 0 radical (unpaired) electrons. The largest absolute Gasteiger partial charge is 0.478 e. The van der Waals surface area contributed by atoms with E-state index in [1.807, 2.05) is 6.20 Å². The molecule has 0 saturated carbocycles. The first-order chi connectivity index (χ1) is 9.18. The summed E-state index contributed by atoms with van der Waals surface area (Å²) in [5.74, 6) is -0.951. The number of aromatic carboxylic acids is 1. The Labute approximate surface area is 110 Å². The van der Waals surface area contributed by atoms with E-state index in [-0.39, 0.29) is 5.56 Å². The summed E-state index contributed by atoms with van der Waals surface area (Å²) in [5, 5.41) is 23.7. The van der Waals surface area contributed by atoms with Crippen molar-refractivity contribution in [1.29, 1.82) is 0 Å². The van der Waals surface area contributed by atoms with Crippen LogP contribution in [0.4, 0.5) is 0 Å². The van der Waals surface area contributed by atoms with Gasteiger partial charge in [-0.25, -0.2) is 4.79 Å². The van der Waals surface area contributed by atoms with Gasteiger partial charge in [0.25, 0.3) is 0 Å². The van der Waals surface area contributed by atoms with Crippen molar-refractivity contribution < 1.29 is 9.90 Å². The number of aromatic nitrogens is 5. The molecule has 0 fully saturated rings. The van der Waals surface area contributed by atoms with E-state index in [9.17, 15) is 4.79 Å². The number of rotatable bonds is 7. The van der Waals surface area contributed by atoms with Gasteiger partial charge >= 0.3 is 5.97 Å². The first-order valence-electron chi connectivity index (χ1n) is 5.97. The Morgan fingerprint density at radius 3 is 3.05 bits per heavy atom. The second-order valence-electron chi connectivity index (χ2n) is 4.13. The van der Waals surface area contributed by atoms with Gasteiger partial charge in [-0.2, -0.15) is 5.10 Å². The number of hydrogen-bond acceptors (Lipinski definition) is 5. The Morgan fingerprint density at radius 2 is 2.37 bits per heavy atom. The topological polar surface area (TPSA) is 97.9 Å². The Hall–Kier alpha value is -2.22. The lowest BCUT2D eigenvalue weighted by molar-refractivity contribution is 0.0695. The van der Waals surface area contributed by atoms with Crippen LogP contribution < -0.4 is 5.32 Å². The van der Waals surface area contributed by atoms with Gasteiger partial charge < -0.3 is 10.4 Å². The van der Waals surface area contributed by atoms with Gasteiger partial charge in [0, 0.05) is 26.3 Å². The highest BCUT2D eigenvalue weighted by Gasteiger charge is 2.13. The monoisotopic (exact) mass is 264 g/mol. The lowest BCUT2D eigenvalue weighted by Crippen LogP contribution is -2.20. The molecule has 8 heteroatoms. The van der Waals surface area contributed by atoms with Crippen LogP contribution in [0.1, 0.15) is 22.5 Å². The summed E-state index contributed by atoms with van der Waals surface area (Å²) in [6.07, 6.45) is 5.71. The van der Waals surface area contributed by atoms with E-state index >= 15 is 0 Å². The van der Waals surface area contributed by atoms with Gasteiger partial charge in [0.2, 0.25) is 0 Å². The maximum Gasteiger partial charge on any atom is 0.339 e. The SMILES string of the molecule is Cn1ncc(C(=O)O)c1CNCCCn1ccnn1. The van der Waals surface area contributed by atoms with Gasteiger partial charge in [-0.15, -0.1) is 5.10 Å². The van der Waals surface area contributed by atoms with E-state index in [4.69, 9.17) is 5.11 Å². The molecule has 0 atom stereocenters. The van der Waals surface area contributed by atoms with Gasteiger partial charge in [0.15, 0.2) is 0 Å². The summed E-state index contributed by atoms with van der Waals surface area (Å²) >= 11 is 0. The summed E-state index contributed by atoms with van der Waals surface area (Å²) in [4.78, 5) is 11.0. The van der Waals surface area contributed by atoms with E-state index in [1.54, 1.807) is 22.6 Å². The minimum absolute atomic E-state index is 0.242. The molecule has 0 unspecified atom stereocenters. The van der Waals surface area contributed by atoms with Crippen molar-refractivity contribution in [3.63, 3.8) is 0 Å². The normalized spacial score (nSPS) is 10.8. The third-order valence-corrected chi connectivity index (χ3v) is 2.80. The number of aryl methyl sites for hydroxylation is 2. The standard InChI is InChI=1S/C11H16N6O2/c1-16-10(9(7-14-16)11(18)19)8-12-3-2-5-17-6-4-13-15-17/h4,6-7,12H,2-3,5,8H2,1H3,(H,18,19). The van der Waals surface area contributed by atoms with Gasteiger partial charge in [-0.1, -0.05) is 5.21 Å². The zero-order valence-electron chi connectivity index (χ0n) is 10.7. The zero-order chi connectivity index (χ0) is 13.7. The summed E-state index contributed by atoms with van der Waals surface area (Å²) in [6, 6.07) is 0. The van der Waals surface area contributed by atoms with Crippen LogP contribution in [0.15, 0.2) is 18.6 Å². The fraction of sp³-hybridized carbons (Fsp3) is 0.455. The number of hydrogen-bond donors (Lipinski definition) is 2. The third kappa shape index (κ3) is 3.38. The number of carboxylic acid groups (broad SMARTS) is 1. The molecule has 0 bridgehead atoms. The molecule has 0 saturated heterocycles. The van der Waals surface area contributed by atoms with Crippen LogP contribution in [0.2, 0.25) is 0 Å². The number of carbonyl (C=O) groups is 1. The summed E-state index contributed by atoms with van der Waals surface area (Å²) < 4.78 is 3.34. The number of carboxylic acids is 1. The molecule has 0 aliphatic heterocycles. The fourth-order valence-electron chi connectivity index (χ4n) is 1.78. The van der Waals surface area contributed by atoms with Gasteiger partial charge in [0.05, 0.1) is 18.1 Å². The molecule has 0 spiro atoms. The van der Waals surface area contributed by atoms with E-state index < -0.39 is 5.97 Å². The van der Waals surface area contributed by atoms with Crippen molar-refractivity contribution >= 4 is 5.97 Å². The van der Waals surface area contributed by atoms with Crippen molar-refractivity contribution in [2.75, 3.05) is 6.54 Å². The van der Waals surface area contributed by atoms with E-state index in [2.05, 4.69) is 20.7 Å². The van der Waals surface area contributed by atoms with Crippen LogP contribution in [-0.2, 0) is 20.1 Å². The molecule has 0 amide bonds. The average Bonchev–Trinajstić information content (AvgIpc) is 2.99. The lowest BCUT2D eigenvalue weighted by Gasteiger charge is -2.06. The molecule has 2 heterocycles. The van der Waals surface area contributed by atoms with E-state index in [0.717, 1.165) is 19.5 Å². The van der Waals surface area contributed by atoms with Crippen molar-refractivity contribution in [2.45, 2.75) is 19.5 Å². The number of nitrogens with one attached hydrogen (secondary N) is 1. The molecule has 2 aromatic rings. The van der Waals surface area contributed by atoms with E-state index in [1.165, 1.54) is 6.20 Å². The quantitative estimate of drug-likeness (QED) is 0.677. The third-order valence-electron chi connectivity index (χ3n) is 2.80. The highest BCUT2D eigenvalue weighted by Crippen LogP contribution is 2.06.